The molecule has 1 aliphatic rings. The maximum absolute atomic E-state index is 13.2. The van der Waals surface area contributed by atoms with Gasteiger partial charge in [-0.05, 0) is 47.0 Å². The number of rotatable bonds is 4. The van der Waals surface area contributed by atoms with E-state index in [1.807, 2.05) is 0 Å². The summed E-state index contributed by atoms with van der Waals surface area (Å²) in [6.07, 6.45) is 2.02. The maximum Gasteiger partial charge on any atom is 0.255 e. The van der Waals surface area contributed by atoms with E-state index in [1.54, 1.807) is 11.0 Å². The van der Waals surface area contributed by atoms with E-state index in [9.17, 15) is 9.18 Å². The number of amides is 1. The molecule has 5 heteroatoms. The lowest BCUT2D eigenvalue weighted by Crippen LogP contribution is -2.35. The first-order valence-corrected chi connectivity index (χ1v) is 6.78. The second-order valence-electron chi connectivity index (χ2n) is 4.04. The minimum absolute atomic E-state index is 0.153. The van der Waals surface area contributed by atoms with Gasteiger partial charge in [0.1, 0.15) is 5.82 Å². The molecule has 1 amide bonds. The van der Waals surface area contributed by atoms with Crippen molar-refractivity contribution in [2.24, 2.45) is 0 Å². The average Bonchev–Trinajstić information content (AvgIpc) is 3.12. The van der Waals surface area contributed by atoms with Gasteiger partial charge in [-0.1, -0.05) is 0 Å². The Kier molecular flexibility index (Phi) is 4.05. The van der Waals surface area contributed by atoms with Crippen LogP contribution in [0.15, 0.2) is 22.7 Å². The fourth-order valence-electron chi connectivity index (χ4n) is 1.74. The monoisotopic (exact) mass is 319 g/mol. The van der Waals surface area contributed by atoms with Crippen LogP contribution in [0.4, 0.5) is 4.39 Å². The van der Waals surface area contributed by atoms with Crippen molar-refractivity contribution >= 4 is 33.4 Å². The quantitative estimate of drug-likeness (QED) is 0.778. The molecule has 2 nitrogen and oxygen atoms in total. The van der Waals surface area contributed by atoms with E-state index >= 15 is 0 Å². The zero-order valence-corrected chi connectivity index (χ0v) is 11.5. The third kappa shape index (κ3) is 2.99. The first kappa shape index (κ1) is 12.8. The third-order valence-electron chi connectivity index (χ3n) is 2.73. The molecule has 0 aliphatic heterocycles. The van der Waals surface area contributed by atoms with Crippen LogP contribution in [0.25, 0.3) is 0 Å². The fraction of sp³-hybridized carbons (Fsp3) is 0.417. The van der Waals surface area contributed by atoms with E-state index < -0.39 is 5.82 Å². The highest BCUT2D eigenvalue weighted by Crippen LogP contribution is 2.29. The van der Waals surface area contributed by atoms with Crippen LogP contribution < -0.4 is 0 Å². The summed E-state index contributed by atoms with van der Waals surface area (Å²) in [5.74, 6) is -0.160. The zero-order chi connectivity index (χ0) is 12.4. The van der Waals surface area contributed by atoms with Crippen LogP contribution in [-0.2, 0) is 0 Å². The Morgan fingerprint density at radius 2 is 2.24 bits per heavy atom. The SMILES string of the molecule is O=C(c1cc(F)ccc1Br)N(CCCl)C1CC1. The minimum atomic E-state index is -0.404. The molecule has 0 radical (unpaired) electrons. The lowest BCUT2D eigenvalue weighted by Gasteiger charge is -2.21. The lowest BCUT2D eigenvalue weighted by atomic mass is 10.2. The van der Waals surface area contributed by atoms with E-state index in [-0.39, 0.29) is 11.9 Å². The molecule has 0 unspecified atom stereocenters. The number of carbonyl (C=O) groups excluding carboxylic acids is 1. The normalized spacial score (nSPS) is 14.8. The molecule has 1 aromatic carbocycles. The number of hydrogen-bond donors (Lipinski definition) is 0. The van der Waals surface area contributed by atoms with E-state index in [0.717, 1.165) is 12.8 Å². The molecule has 0 aromatic heterocycles. The average molecular weight is 321 g/mol. The number of alkyl halides is 1. The van der Waals surface area contributed by atoms with Crippen LogP contribution in [-0.4, -0.2) is 29.3 Å². The Morgan fingerprint density at radius 3 is 2.82 bits per heavy atom. The summed E-state index contributed by atoms with van der Waals surface area (Å²) in [6.45, 7) is 0.508. The summed E-state index contributed by atoms with van der Waals surface area (Å²) >= 11 is 8.96. The van der Waals surface area contributed by atoms with E-state index in [4.69, 9.17) is 11.6 Å². The van der Waals surface area contributed by atoms with Gasteiger partial charge in [0, 0.05) is 22.9 Å². The van der Waals surface area contributed by atoms with Crippen LogP contribution in [0.2, 0.25) is 0 Å². The van der Waals surface area contributed by atoms with Gasteiger partial charge in [0.2, 0.25) is 0 Å². The minimum Gasteiger partial charge on any atom is -0.334 e. The van der Waals surface area contributed by atoms with Crippen LogP contribution in [0.5, 0.6) is 0 Å². The molecular formula is C12H12BrClFNO. The van der Waals surface area contributed by atoms with Gasteiger partial charge in [0.25, 0.3) is 5.91 Å². The van der Waals surface area contributed by atoms with Gasteiger partial charge >= 0.3 is 0 Å². The molecule has 2 rings (SSSR count). The van der Waals surface area contributed by atoms with Gasteiger partial charge in [-0.15, -0.1) is 11.6 Å². The second kappa shape index (κ2) is 5.36. The number of nitrogens with zero attached hydrogens (tertiary/aromatic N) is 1. The summed E-state index contributed by atoms with van der Waals surface area (Å²) in [4.78, 5) is 14.0. The summed E-state index contributed by atoms with van der Waals surface area (Å²) in [6, 6.07) is 4.41. The standard InChI is InChI=1S/C12H12BrClFNO/c13-11-4-1-8(15)7-10(11)12(17)16(6-5-14)9-2-3-9/h1,4,7,9H,2-3,5-6H2. The Bertz CT molecular complexity index is 437. The Hall–Kier alpha value is -0.610. The Labute approximate surface area is 113 Å². The van der Waals surface area contributed by atoms with Crippen LogP contribution in [0.1, 0.15) is 23.2 Å². The van der Waals surface area contributed by atoms with Gasteiger partial charge in [-0.2, -0.15) is 0 Å². The van der Waals surface area contributed by atoms with Gasteiger partial charge in [-0.25, -0.2) is 4.39 Å². The van der Waals surface area contributed by atoms with Crippen molar-refractivity contribution in [1.82, 2.24) is 4.90 Å². The van der Waals surface area contributed by atoms with E-state index in [1.165, 1.54) is 12.1 Å². The van der Waals surface area contributed by atoms with Crippen LogP contribution >= 0.6 is 27.5 Å². The van der Waals surface area contributed by atoms with Gasteiger partial charge in [-0.3, -0.25) is 4.79 Å². The number of halogens is 3. The molecular weight excluding hydrogens is 308 g/mol. The first-order chi connectivity index (χ1) is 8.13. The largest absolute Gasteiger partial charge is 0.334 e. The zero-order valence-electron chi connectivity index (χ0n) is 9.13. The molecule has 1 aromatic rings. The molecule has 17 heavy (non-hydrogen) atoms. The molecule has 92 valence electrons. The van der Waals surface area contributed by atoms with Crippen LogP contribution in [0.3, 0.4) is 0 Å². The molecule has 0 bridgehead atoms. The predicted molar refractivity (Wildman–Crippen MR) is 68.9 cm³/mol. The number of hydrogen-bond acceptors (Lipinski definition) is 1. The molecule has 0 atom stereocenters. The van der Waals surface area contributed by atoms with Crippen molar-refractivity contribution < 1.29 is 9.18 Å². The molecule has 0 N–H and O–H groups in total. The Balaban J connectivity index is 2.24. The van der Waals surface area contributed by atoms with Gasteiger partial charge in [0.15, 0.2) is 0 Å². The molecule has 1 aliphatic carbocycles. The maximum atomic E-state index is 13.2. The molecule has 0 spiro atoms. The second-order valence-corrected chi connectivity index (χ2v) is 5.28. The molecule has 1 fully saturated rings. The molecule has 0 saturated heterocycles. The molecule has 0 heterocycles. The summed E-state index contributed by atoms with van der Waals surface area (Å²) in [5, 5.41) is 0. The summed E-state index contributed by atoms with van der Waals surface area (Å²) < 4.78 is 13.8. The highest BCUT2D eigenvalue weighted by molar-refractivity contribution is 9.10. The van der Waals surface area contributed by atoms with Crippen molar-refractivity contribution in [3.63, 3.8) is 0 Å². The number of carbonyl (C=O) groups is 1. The van der Waals surface area contributed by atoms with E-state index in [0.29, 0.717) is 22.5 Å². The fourth-order valence-corrected chi connectivity index (χ4v) is 2.34. The first-order valence-electron chi connectivity index (χ1n) is 5.45. The number of benzene rings is 1. The van der Waals surface area contributed by atoms with Gasteiger partial charge in [0.05, 0.1) is 5.56 Å². The predicted octanol–water partition coefficient (Wildman–Crippen LogP) is 3.43. The van der Waals surface area contributed by atoms with E-state index in [2.05, 4.69) is 15.9 Å². The highest BCUT2D eigenvalue weighted by Gasteiger charge is 2.33. The lowest BCUT2D eigenvalue weighted by molar-refractivity contribution is 0.0752. The van der Waals surface area contributed by atoms with Crippen molar-refractivity contribution in [1.29, 1.82) is 0 Å². The summed E-state index contributed by atoms with van der Waals surface area (Å²) in [5.41, 5.74) is 0.363. The third-order valence-corrected chi connectivity index (χ3v) is 3.59. The van der Waals surface area contributed by atoms with Crippen molar-refractivity contribution in [2.75, 3.05) is 12.4 Å². The van der Waals surface area contributed by atoms with Crippen molar-refractivity contribution in [3.05, 3.63) is 34.1 Å². The van der Waals surface area contributed by atoms with Crippen LogP contribution in [0, 0.1) is 5.82 Å². The Morgan fingerprint density at radius 1 is 1.53 bits per heavy atom. The highest BCUT2D eigenvalue weighted by atomic mass is 79.9. The smallest absolute Gasteiger partial charge is 0.255 e. The molecule has 1 saturated carbocycles. The van der Waals surface area contributed by atoms with Crippen molar-refractivity contribution in [3.8, 4) is 0 Å². The van der Waals surface area contributed by atoms with Gasteiger partial charge < -0.3 is 4.90 Å². The van der Waals surface area contributed by atoms with Crippen molar-refractivity contribution in [2.45, 2.75) is 18.9 Å². The topological polar surface area (TPSA) is 20.3 Å². The summed E-state index contributed by atoms with van der Waals surface area (Å²) in [7, 11) is 0.